The first-order chi connectivity index (χ1) is 13.3. The Morgan fingerprint density at radius 1 is 1.14 bits per heavy atom. The van der Waals surface area contributed by atoms with Gasteiger partial charge in [-0.1, -0.05) is 12.8 Å². The Bertz CT molecular complexity index is 724. The Kier molecular flexibility index (Phi) is 6.15. The largest absolute Gasteiger partial charge is 0.409 e. The molecule has 0 atom stereocenters. The average molecular weight is 397 g/mol. The van der Waals surface area contributed by atoms with Gasteiger partial charge in [-0.25, -0.2) is 0 Å². The maximum Gasteiger partial charge on any atom is 0.409 e. The summed E-state index contributed by atoms with van der Waals surface area (Å²) >= 11 is 0. The predicted molar refractivity (Wildman–Crippen MR) is 95.7 cm³/mol. The van der Waals surface area contributed by atoms with E-state index in [2.05, 4.69) is 15.5 Å². The molecule has 1 N–H and O–H groups in total. The molecule has 1 aromatic heterocycles. The van der Waals surface area contributed by atoms with E-state index in [4.69, 9.17) is 0 Å². The second kappa shape index (κ2) is 8.57. The van der Waals surface area contributed by atoms with E-state index in [-0.39, 0.29) is 30.8 Å². The van der Waals surface area contributed by atoms with Crippen molar-refractivity contribution < 1.29 is 22.8 Å². The lowest BCUT2D eigenvalue weighted by atomic mass is 10.2. The summed E-state index contributed by atoms with van der Waals surface area (Å²) in [6.07, 6.45) is -0.547. The quantitative estimate of drug-likeness (QED) is 0.741. The lowest BCUT2D eigenvalue weighted by molar-refractivity contribution is -0.127. The molecule has 1 saturated carbocycles. The van der Waals surface area contributed by atoms with Crippen molar-refractivity contribution in [3.05, 3.63) is 30.0 Å². The van der Waals surface area contributed by atoms with Gasteiger partial charge in [0.2, 0.25) is 5.91 Å². The molecule has 2 aliphatic rings. The number of allylic oxidation sites excluding steroid dienone is 1. The minimum Gasteiger partial charge on any atom is -0.352 e. The van der Waals surface area contributed by atoms with Crippen LogP contribution in [0.1, 0.15) is 29.8 Å². The Hall–Kier alpha value is -2.65. The smallest absolute Gasteiger partial charge is 0.352 e. The van der Waals surface area contributed by atoms with Crippen LogP contribution >= 0.6 is 0 Å². The fraction of sp³-hybridized carbons (Fsp3) is 0.556. The Morgan fingerprint density at radius 2 is 1.86 bits per heavy atom. The number of anilines is 1. The van der Waals surface area contributed by atoms with Gasteiger partial charge in [-0.3, -0.25) is 9.59 Å². The van der Waals surface area contributed by atoms with Gasteiger partial charge in [-0.2, -0.15) is 13.2 Å². The molecule has 7 nitrogen and oxygen atoms in total. The Morgan fingerprint density at radius 3 is 2.43 bits per heavy atom. The first kappa shape index (κ1) is 20.1. The molecule has 1 aliphatic heterocycles. The molecule has 0 bridgehead atoms. The van der Waals surface area contributed by atoms with Crippen molar-refractivity contribution in [2.45, 2.75) is 25.4 Å². The molecule has 0 radical (unpaired) electrons. The van der Waals surface area contributed by atoms with E-state index >= 15 is 0 Å². The molecule has 1 saturated heterocycles. The number of nitrogens with one attached hydrogen (secondary N) is 1. The van der Waals surface area contributed by atoms with E-state index in [1.807, 2.05) is 4.90 Å². The molecule has 1 aliphatic carbocycles. The third kappa shape index (κ3) is 5.93. The fourth-order valence-corrected chi connectivity index (χ4v) is 2.93. The molecule has 28 heavy (non-hydrogen) atoms. The highest BCUT2D eigenvalue weighted by molar-refractivity contribution is 5.92. The minimum absolute atomic E-state index is 0.0540. The zero-order valence-corrected chi connectivity index (χ0v) is 15.3. The number of carbonyl (C=O) groups is 2. The number of hydrogen-bond acceptors (Lipinski definition) is 5. The summed E-state index contributed by atoms with van der Waals surface area (Å²) in [4.78, 5) is 27.0. The van der Waals surface area contributed by atoms with Crippen molar-refractivity contribution in [3.63, 3.8) is 0 Å². The molecule has 0 unspecified atom stereocenters. The van der Waals surface area contributed by atoms with Gasteiger partial charge in [-0.15, -0.1) is 10.2 Å². The first-order valence-corrected chi connectivity index (χ1v) is 9.23. The van der Waals surface area contributed by atoms with E-state index in [1.165, 1.54) is 17.7 Å². The summed E-state index contributed by atoms with van der Waals surface area (Å²) in [6, 6.07) is 3.28. The highest BCUT2D eigenvalue weighted by Gasteiger charge is 2.25. The minimum atomic E-state index is -4.50. The Balaban J connectivity index is 1.46. The molecule has 0 spiro atoms. The Labute approximate surface area is 160 Å². The number of carbonyl (C=O) groups excluding carboxylic acids is 2. The van der Waals surface area contributed by atoms with E-state index in [9.17, 15) is 22.8 Å². The zero-order valence-electron chi connectivity index (χ0n) is 15.3. The molecule has 10 heteroatoms. The second-order valence-corrected chi connectivity index (χ2v) is 6.95. The van der Waals surface area contributed by atoms with Gasteiger partial charge in [0.05, 0.1) is 0 Å². The molecule has 1 aromatic rings. The number of amides is 2. The van der Waals surface area contributed by atoms with Crippen LogP contribution < -0.4 is 10.2 Å². The SMILES string of the molecule is O=C(NCCC1CC1)c1ccc(N2CCN(C(=O)/C=C\C(F)(F)F)CC2)nn1. The monoisotopic (exact) mass is 397 g/mol. The normalized spacial score (nSPS) is 17.8. The zero-order chi connectivity index (χ0) is 20.1. The molecule has 2 fully saturated rings. The van der Waals surface area contributed by atoms with E-state index in [0.29, 0.717) is 31.5 Å². The summed E-state index contributed by atoms with van der Waals surface area (Å²) in [5.41, 5.74) is 0.241. The average Bonchev–Trinajstić information content (AvgIpc) is 3.50. The summed E-state index contributed by atoms with van der Waals surface area (Å²) < 4.78 is 36.5. The van der Waals surface area contributed by atoms with Crippen molar-refractivity contribution >= 4 is 17.6 Å². The number of piperazine rings is 1. The highest BCUT2D eigenvalue weighted by atomic mass is 19.4. The van der Waals surface area contributed by atoms with Crippen LogP contribution in [0, 0.1) is 5.92 Å². The summed E-state index contributed by atoms with van der Waals surface area (Å²) in [6.45, 7) is 2.05. The van der Waals surface area contributed by atoms with Gasteiger partial charge in [-0.05, 0) is 24.5 Å². The van der Waals surface area contributed by atoms with Crippen molar-refractivity contribution in [2.75, 3.05) is 37.6 Å². The van der Waals surface area contributed by atoms with Gasteiger partial charge in [0, 0.05) is 44.9 Å². The maximum atomic E-state index is 12.2. The first-order valence-electron chi connectivity index (χ1n) is 9.23. The highest BCUT2D eigenvalue weighted by Crippen LogP contribution is 2.31. The van der Waals surface area contributed by atoms with Crippen LogP contribution in [0.2, 0.25) is 0 Å². The molecule has 152 valence electrons. The molecular weight excluding hydrogens is 375 g/mol. The van der Waals surface area contributed by atoms with Crippen molar-refractivity contribution in [2.24, 2.45) is 5.92 Å². The molecule has 2 heterocycles. The molecular formula is C18H22F3N5O2. The standard InChI is InChI=1S/C18H22F3N5O2/c19-18(20,21)7-5-16(27)26-11-9-25(10-12-26)15-4-3-14(23-24-15)17(28)22-8-6-13-1-2-13/h3-5,7,13H,1-2,6,8-12H2,(H,22,28)/b7-5-. The number of hydrogen-bond donors (Lipinski definition) is 1. The van der Waals surface area contributed by atoms with Gasteiger partial charge in [0.15, 0.2) is 11.5 Å². The van der Waals surface area contributed by atoms with Crippen LogP contribution in [0.5, 0.6) is 0 Å². The van der Waals surface area contributed by atoms with Crippen LogP contribution in [-0.2, 0) is 4.79 Å². The van der Waals surface area contributed by atoms with E-state index in [1.54, 1.807) is 12.1 Å². The number of rotatable bonds is 6. The van der Waals surface area contributed by atoms with Crippen LogP contribution in [0.15, 0.2) is 24.3 Å². The van der Waals surface area contributed by atoms with E-state index in [0.717, 1.165) is 12.3 Å². The third-order valence-corrected chi connectivity index (χ3v) is 4.75. The van der Waals surface area contributed by atoms with Crippen LogP contribution in [0.3, 0.4) is 0 Å². The van der Waals surface area contributed by atoms with Gasteiger partial charge < -0.3 is 15.1 Å². The molecule has 3 rings (SSSR count). The second-order valence-electron chi connectivity index (χ2n) is 6.95. The summed E-state index contributed by atoms with van der Waals surface area (Å²) in [5.74, 6) is 0.378. The van der Waals surface area contributed by atoms with Crippen molar-refractivity contribution in [3.8, 4) is 0 Å². The van der Waals surface area contributed by atoms with Gasteiger partial charge >= 0.3 is 6.18 Å². The maximum absolute atomic E-state index is 12.2. The van der Waals surface area contributed by atoms with Crippen LogP contribution in [-0.4, -0.2) is 65.8 Å². The topological polar surface area (TPSA) is 78.4 Å². The molecule has 0 aromatic carbocycles. The van der Waals surface area contributed by atoms with Gasteiger partial charge in [0.1, 0.15) is 0 Å². The number of aromatic nitrogens is 2. The fourth-order valence-electron chi connectivity index (χ4n) is 2.93. The lowest BCUT2D eigenvalue weighted by Crippen LogP contribution is -2.48. The van der Waals surface area contributed by atoms with Gasteiger partial charge in [0.25, 0.3) is 5.91 Å². The number of nitrogens with zero attached hydrogens (tertiary/aromatic N) is 4. The van der Waals surface area contributed by atoms with Crippen LogP contribution in [0.4, 0.5) is 19.0 Å². The summed E-state index contributed by atoms with van der Waals surface area (Å²) in [5, 5.41) is 10.8. The number of alkyl halides is 3. The van der Waals surface area contributed by atoms with Crippen LogP contribution in [0.25, 0.3) is 0 Å². The van der Waals surface area contributed by atoms with Crippen molar-refractivity contribution in [1.29, 1.82) is 0 Å². The summed E-state index contributed by atoms with van der Waals surface area (Å²) in [7, 11) is 0. The molecule has 2 amide bonds. The van der Waals surface area contributed by atoms with E-state index < -0.39 is 12.1 Å². The lowest BCUT2D eigenvalue weighted by Gasteiger charge is -2.34. The number of halogens is 3. The predicted octanol–water partition coefficient (Wildman–Crippen LogP) is 1.77. The van der Waals surface area contributed by atoms with Crippen molar-refractivity contribution in [1.82, 2.24) is 20.4 Å². The third-order valence-electron chi connectivity index (χ3n) is 4.75.